The van der Waals surface area contributed by atoms with Crippen molar-refractivity contribution in [3.63, 3.8) is 0 Å². The predicted octanol–water partition coefficient (Wildman–Crippen LogP) is 4.10. The first-order chi connectivity index (χ1) is 9.85. The summed E-state index contributed by atoms with van der Waals surface area (Å²) in [5, 5.41) is 3.10. The smallest absolute Gasteiger partial charge is 0.314 e. The van der Waals surface area contributed by atoms with E-state index in [2.05, 4.69) is 5.32 Å². The van der Waals surface area contributed by atoms with Crippen molar-refractivity contribution in [3.8, 4) is 0 Å². The Morgan fingerprint density at radius 2 is 1.52 bits per heavy atom. The molecule has 0 unspecified atom stereocenters. The zero-order valence-electron chi connectivity index (χ0n) is 12.2. The van der Waals surface area contributed by atoms with Crippen molar-refractivity contribution in [3.05, 3.63) is 35.4 Å². The fourth-order valence-electron chi connectivity index (χ4n) is 2.62. The molecule has 1 N–H and O–H groups in total. The van der Waals surface area contributed by atoms with Gasteiger partial charge in [0.15, 0.2) is 0 Å². The Balaban J connectivity index is 0.00000242. The van der Waals surface area contributed by atoms with Gasteiger partial charge in [0.25, 0.3) is 0 Å². The van der Waals surface area contributed by atoms with Crippen LogP contribution in [0.5, 0.6) is 0 Å². The van der Waals surface area contributed by atoms with E-state index in [9.17, 15) is 22.0 Å². The van der Waals surface area contributed by atoms with E-state index in [-0.39, 0.29) is 36.8 Å². The summed E-state index contributed by atoms with van der Waals surface area (Å²) in [6.45, 7) is 2.42. The van der Waals surface area contributed by atoms with Gasteiger partial charge in [-0.1, -0.05) is 0 Å². The Morgan fingerprint density at radius 1 is 1.00 bits per heavy atom. The Labute approximate surface area is 144 Å². The molecule has 1 atom stereocenters. The van der Waals surface area contributed by atoms with Crippen LogP contribution >= 0.6 is 24.8 Å². The summed E-state index contributed by atoms with van der Waals surface area (Å²) in [6, 6.07) is 2.33. The average molecular weight is 381 g/mol. The minimum Gasteiger partial charge on any atom is -0.314 e. The zero-order valence-corrected chi connectivity index (χ0v) is 13.8. The van der Waals surface area contributed by atoms with Gasteiger partial charge < -0.3 is 5.32 Å². The molecule has 9 heteroatoms. The number of hydrogen-bond acceptors (Lipinski definition) is 2. The van der Waals surface area contributed by atoms with E-state index in [4.69, 9.17) is 0 Å². The number of alkyl halides is 3. The number of nitrogens with zero attached hydrogens (tertiary/aromatic N) is 1. The Kier molecular flexibility index (Phi) is 9.35. The molecular weight excluding hydrogens is 362 g/mol. The van der Waals surface area contributed by atoms with Gasteiger partial charge in [-0.3, -0.25) is 4.90 Å². The standard InChI is InChI=1S/C14H17F5N2.2ClH/c15-11-7-10(8-12(16)9-11)13(1-2-14(17,18)19)21-5-3-20-4-6-21;;/h7-9,13,20H,1-6H2;2*1H/t13-;;/m1../s1. The van der Waals surface area contributed by atoms with Gasteiger partial charge in [0.1, 0.15) is 11.6 Å². The molecule has 2 nitrogen and oxygen atoms in total. The molecule has 1 aliphatic heterocycles. The molecule has 1 aromatic carbocycles. The van der Waals surface area contributed by atoms with Crippen molar-refractivity contribution in [2.24, 2.45) is 0 Å². The van der Waals surface area contributed by atoms with Crippen molar-refractivity contribution >= 4 is 24.8 Å². The molecule has 0 aromatic heterocycles. The largest absolute Gasteiger partial charge is 0.389 e. The van der Waals surface area contributed by atoms with Crippen LogP contribution in [0, 0.1) is 11.6 Å². The van der Waals surface area contributed by atoms with E-state index in [0.717, 1.165) is 18.2 Å². The van der Waals surface area contributed by atoms with E-state index in [1.165, 1.54) is 0 Å². The SMILES string of the molecule is Cl.Cl.Fc1cc(F)cc([C@@H](CCC(F)(F)F)N2CCNCC2)c1. The van der Waals surface area contributed by atoms with Crippen LogP contribution in [0.3, 0.4) is 0 Å². The summed E-state index contributed by atoms with van der Waals surface area (Å²) in [7, 11) is 0. The van der Waals surface area contributed by atoms with E-state index >= 15 is 0 Å². The van der Waals surface area contributed by atoms with Crippen LogP contribution < -0.4 is 5.32 Å². The first-order valence-electron chi connectivity index (χ1n) is 6.83. The normalized spacial score (nSPS) is 17.1. The lowest BCUT2D eigenvalue weighted by Gasteiger charge is -2.35. The summed E-state index contributed by atoms with van der Waals surface area (Å²) in [6.07, 6.45) is -5.45. The summed E-state index contributed by atoms with van der Waals surface area (Å²) >= 11 is 0. The van der Waals surface area contributed by atoms with Crippen LogP contribution in [0.1, 0.15) is 24.4 Å². The number of nitrogens with one attached hydrogen (secondary N) is 1. The highest BCUT2D eigenvalue weighted by atomic mass is 35.5. The number of hydrogen-bond donors (Lipinski definition) is 1. The Morgan fingerprint density at radius 3 is 2.00 bits per heavy atom. The second-order valence-corrected chi connectivity index (χ2v) is 5.16. The summed E-state index contributed by atoms with van der Waals surface area (Å²) in [4.78, 5) is 1.84. The molecular formula is C14H19Cl2F5N2. The maximum Gasteiger partial charge on any atom is 0.389 e. The number of rotatable bonds is 4. The maximum atomic E-state index is 13.3. The average Bonchev–Trinajstić information content (AvgIpc) is 2.37. The van der Waals surface area contributed by atoms with E-state index in [1.807, 2.05) is 4.90 Å². The molecule has 134 valence electrons. The lowest BCUT2D eigenvalue weighted by atomic mass is 9.99. The molecule has 1 fully saturated rings. The third-order valence-corrected chi connectivity index (χ3v) is 3.56. The minimum absolute atomic E-state index is 0. The first-order valence-corrected chi connectivity index (χ1v) is 6.83. The molecule has 1 heterocycles. The third-order valence-electron chi connectivity index (χ3n) is 3.56. The number of piperazine rings is 1. The highest BCUT2D eigenvalue weighted by molar-refractivity contribution is 5.85. The summed E-state index contributed by atoms with van der Waals surface area (Å²) in [5.74, 6) is -1.53. The molecule has 1 saturated heterocycles. The topological polar surface area (TPSA) is 15.3 Å². The van der Waals surface area contributed by atoms with Gasteiger partial charge in [-0.05, 0) is 24.1 Å². The quantitative estimate of drug-likeness (QED) is 0.791. The Hall–Kier alpha value is -0.630. The summed E-state index contributed by atoms with van der Waals surface area (Å²) in [5.41, 5.74) is 0.263. The van der Waals surface area contributed by atoms with Crippen molar-refractivity contribution in [2.75, 3.05) is 26.2 Å². The maximum absolute atomic E-state index is 13.3. The molecule has 1 aromatic rings. The highest BCUT2D eigenvalue weighted by Gasteiger charge is 2.31. The van der Waals surface area contributed by atoms with Gasteiger partial charge >= 0.3 is 6.18 Å². The van der Waals surface area contributed by atoms with Crippen molar-refractivity contribution < 1.29 is 22.0 Å². The fraction of sp³-hybridized carbons (Fsp3) is 0.571. The van der Waals surface area contributed by atoms with Crippen molar-refractivity contribution in [2.45, 2.75) is 25.1 Å². The van der Waals surface area contributed by atoms with Gasteiger partial charge in [0.05, 0.1) is 0 Å². The predicted molar refractivity (Wildman–Crippen MR) is 83.3 cm³/mol. The monoisotopic (exact) mass is 380 g/mol. The first kappa shape index (κ1) is 22.4. The van der Waals surface area contributed by atoms with Crippen molar-refractivity contribution in [1.82, 2.24) is 10.2 Å². The van der Waals surface area contributed by atoms with Crippen LogP contribution in [-0.4, -0.2) is 37.3 Å². The molecule has 0 saturated carbocycles. The number of halogens is 7. The molecule has 0 bridgehead atoms. The minimum atomic E-state index is -4.28. The van der Waals surface area contributed by atoms with Crippen LogP contribution in [0.15, 0.2) is 18.2 Å². The third kappa shape index (κ3) is 7.20. The van der Waals surface area contributed by atoms with Gasteiger partial charge in [-0.2, -0.15) is 13.2 Å². The zero-order chi connectivity index (χ0) is 15.5. The van der Waals surface area contributed by atoms with Gasteiger partial charge in [-0.15, -0.1) is 24.8 Å². The van der Waals surface area contributed by atoms with E-state index in [1.54, 1.807) is 0 Å². The lowest BCUT2D eigenvalue weighted by Crippen LogP contribution is -2.45. The van der Waals surface area contributed by atoms with Crippen molar-refractivity contribution in [1.29, 1.82) is 0 Å². The molecule has 0 spiro atoms. The summed E-state index contributed by atoms with van der Waals surface area (Å²) < 4.78 is 64.1. The molecule has 23 heavy (non-hydrogen) atoms. The van der Waals surface area contributed by atoms with Crippen LogP contribution in [0.4, 0.5) is 22.0 Å². The number of benzene rings is 1. The van der Waals surface area contributed by atoms with Gasteiger partial charge in [0, 0.05) is 44.7 Å². The van der Waals surface area contributed by atoms with E-state index < -0.39 is 30.3 Å². The van der Waals surface area contributed by atoms with Crippen LogP contribution in [0.25, 0.3) is 0 Å². The molecule has 2 rings (SSSR count). The van der Waals surface area contributed by atoms with Gasteiger partial charge in [-0.25, -0.2) is 8.78 Å². The molecule has 0 radical (unpaired) electrons. The fourth-order valence-corrected chi connectivity index (χ4v) is 2.62. The molecule has 0 aliphatic carbocycles. The molecule has 1 aliphatic rings. The molecule has 0 amide bonds. The van der Waals surface area contributed by atoms with E-state index in [0.29, 0.717) is 26.2 Å². The highest BCUT2D eigenvalue weighted by Crippen LogP contribution is 2.32. The van der Waals surface area contributed by atoms with Crippen LogP contribution in [0.2, 0.25) is 0 Å². The Bertz CT molecular complexity index is 458. The van der Waals surface area contributed by atoms with Crippen LogP contribution in [-0.2, 0) is 0 Å². The second kappa shape index (κ2) is 9.61. The van der Waals surface area contributed by atoms with Gasteiger partial charge in [0.2, 0.25) is 0 Å². The lowest BCUT2D eigenvalue weighted by molar-refractivity contribution is -0.138. The second-order valence-electron chi connectivity index (χ2n) is 5.16.